The van der Waals surface area contributed by atoms with E-state index < -0.39 is 21.1 Å². The summed E-state index contributed by atoms with van der Waals surface area (Å²) in [4.78, 5) is 11.1. The molecule has 0 N–H and O–H groups in total. The second-order valence-corrected chi connectivity index (χ2v) is 5.78. The van der Waals surface area contributed by atoms with E-state index >= 15 is 0 Å². The fraction of sp³-hybridized carbons (Fsp3) is 0.364. The van der Waals surface area contributed by atoms with Crippen molar-refractivity contribution in [3.8, 4) is 0 Å². The molecule has 1 unspecified atom stereocenters. The van der Waals surface area contributed by atoms with Gasteiger partial charge in [0, 0.05) is 0 Å². The molecule has 0 radical (unpaired) electrons. The lowest BCUT2D eigenvalue weighted by Gasteiger charge is -2.10. The molecule has 1 aromatic rings. The zero-order chi connectivity index (χ0) is 12.2. The van der Waals surface area contributed by atoms with E-state index in [-0.39, 0.29) is 5.75 Å². The molecular weight excluding hydrogens is 228 g/mol. The van der Waals surface area contributed by atoms with Gasteiger partial charge >= 0.3 is 5.97 Å². The van der Waals surface area contributed by atoms with E-state index in [1.165, 1.54) is 14.0 Å². The molecule has 0 aliphatic heterocycles. The highest BCUT2D eigenvalue weighted by molar-refractivity contribution is 7.92. The van der Waals surface area contributed by atoms with E-state index in [4.69, 9.17) is 0 Å². The summed E-state index contributed by atoms with van der Waals surface area (Å²) >= 11 is 0. The van der Waals surface area contributed by atoms with Gasteiger partial charge in [0.05, 0.1) is 12.9 Å². The number of carbonyl (C=O) groups is 1. The summed E-state index contributed by atoms with van der Waals surface area (Å²) in [6.45, 7) is 1.34. The van der Waals surface area contributed by atoms with Crippen molar-refractivity contribution in [1.29, 1.82) is 0 Å². The Hall–Kier alpha value is -1.36. The van der Waals surface area contributed by atoms with Crippen molar-refractivity contribution >= 4 is 15.8 Å². The summed E-state index contributed by atoms with van der Waals surface area (Å²) < 4.78 is 28.0. The number of esters is 1. The third-order valence-corrected chi connectivity index (χ3v) is 4.29. The SMILES string of the molecule is COC(=O)C(C)S(=O)(=O)Cc1ccccc1. The van der Waals surface area contributed by atoms with Gasteiger partial charge in [-0.15, -0.1) is 0 Å². The summed E-state index contributed by atoms with van der Waals surface area (Å²) in [5, 5.41) is -1.13. The summed E-state index contributed by atoms with van der Waals surface area (Å²) in [7, 11) is -2.32. The van der Waals surface area contributed by atoms with Crippen LogP contribution in [0.4, 0.5) is 0 Å². The maximum atomic E-state index is 11.8. The lowest BCUT2D eigenvalue weighted by Crippen LogP contribution is -2.29. The third kappa shape index (κ3) is 3.06. The van der Waals surface area contributed by atoms with Crippen LogP contribution in [0.25, 0.3) is 0 Å². The predicted molar refractivity (Wildman–Crippen MR) is 60.5 cm³/mol. The molecule has 1 atom stereocenters. The van der Waals surface area contributed by atoms with E-state index in [2.05, 4.69) is 4.74 Å². The third-order valence-electron chi connectivity index (χ3n) is 2.28. The lowest BCUT2D eigenvalue weighted by molar-refractivity contribution is -0.139. The molecule has 0 saturated heterocycles. The molecule has 0 fully saturated rings. The lowest BCUT2D eigenvalue weighted by atomic mass is 10.2. The average Bonchev–Trinajstić information content (AvgIpc) is 2.27. The van der Waals surface area contributed by atoms with Gasteiger partial charge < -0.3 is 4.74 Å². The Morgan fingerprint density at radius 2 is 1.88 bits per heavy atom. The monoisotopic (exact) mass is 242 g/mol. The molecule has 0 aliphatic rings. The van der Waals surface area contributed by atoms with Crippen molar-refractivity contribution in [3.63, 3.8) is 0 Å². The Kier molecular flexibility index (Phi) is 4.06. The molecular formula is C11H14O4S. The molecule has 0 spiro atoms. The minimum atomic E-state index is -3.50. The number of benzene rings is 1. The maximum absolute atomic E-state index is 11.8. The molecule has 16 heavy (non-hydrogen) atoms. The van der Waals surface area contributed by atoms with Gasteiger partial charge in [-0.2, -0.15) is 0 Å². The van der Waals surface area contributed by atoms with Crippen LogP contribution in [-0.4, -0.2) is 26.7 Å². The number of hydrogen-bond acceptors (Lipinski definition) is 4. The molecule has 0 amide bonds. The zero-order valence-electron chi connectivity index (χ0n) is 9.21. The van der Waals surface area contributed by atoms with Crippen LogP contribution >= 0.6 is 0 Å². The van der Waals surface area contributed by atoms with Gasteiger partial charge in [-0.05, 0) is 12.5 Å². The van der Waals surface area contributed by atoms with Crippen LogP contribution in [0.2, 0.25) is 0 Å². The minimum Gasteiger partial charge on any atom is -0.468 e. The summed E-state index contributed by atoms with van der Waals surface area (Å²) in [6.07, 6.45) is 0. The molecule has 88 valence electrons. The van der Waals surface area contributed by atoms with Gasteiger partial charge in [0.15, 0.2) is 15.1 Å². The Bertz CT molecular complexity index is 450. The first-order valence-corrected chi connectivity index (χ1v) is 6.52. The molecule has 0 heterocycles. The van der Waals surface area contributed by atoms with E-state index in [9.17, 15) is 13.2 Å². The summed E-state index contributed by atoms with van der Waals surface area (Å²) in [5.41, 5.74) is 0.665. The largest absolute Gasteiger partial charge is 0.468 e. The van der Waals surface area contributed by atoms with Gasteiger partial charge in [-0.1, -0.05) is 30.3 Å². The van der Waals surface area contributed by atoms with Crippen molar-refractivity contribution < 1.29 is 17.9 Å². The average molecular weight is 242 g/mol. The Labute approximate surface area is 95.2 Å². The van der Waals surface area contributed by atoms with Crippen molar-refractivity contribution in [1.82, 2.24) is 0 Å². The first-order valence-electron chi connectivity index (χ1n) is 4.80. The molecule has 0 aromatic heterocycles. The topological polar surface area (TPSA) is 60.4 Å². The van der Waals surface area contributed by atoms with Gasteiger partial charge in [0.1, 0.15) is 0 Å². The highest BCUT2D eigenvalue weighted by Gasteiger charge is 2.28. The van der Waals surface area contributed by atoms with Crippen LogP contribution in [0.15, 0.2) is 30.3 Å². The van der Waals surface area contributed by atoms with Crippen molar-refractivity contribution in [2.24, 2.45) is 0 Å². The number of hydrogen-bond donors (Lipinski definition) is 0. The number of rotatable bonds is 4. The summed E-state index contributed by atoms with van der Waals surface area (Å²) in [5.74, 6) is -0.875. The highest BCUT2D eigenvalue weighted by atomic mass is 32.2. The number of sulfone groups is 1. The number of methoxy groups -OCH3 is 1. The predicted octanol–water partition coefficient (Wildman–Crippen LogP) is 1.16. The molecule has 0 aliphatic carbocycles. The molecule has 5 heteroatoms. The number of carbonyl (C=O) groups excluding carboxylic acids is 1. The van der Waals surface area contributed by atoms with E-state index in [1.54, 1.807) is 30.3 Å². The van der Waals surface area contributed by atoms with Crippen LogP contribution in [0.3, 0.4) is 0 Å². The molecule has 1 aromatic carbocycles. The molecule has 4 nitrogen and oxygen atoms in total. The second kappa shape index (κ2) is 5.12. The smallest absolute Gasteiger partial charge is 0.323 e. The Balaban J connectivity index is 2.84. The summed E-state index contributed by atoms with van der Waals surface area (Å²) in [6, 6.07) is 8.74. The van der Waals surface area contributed by atoms with E-state index in [1.807, 2.05) is 0 Å². The van der Waals surface area contributed by atoms with Crippen LogP contribution in [-0.2, 0) is 25.1 Å². The Morgan fingerprint density at radius 1 is 1.31 bits per heavy atom. The molecule has 0 saturated carbocycles. The number of ether oxygens (including phenoxy) is 1. The van der Waals surface area contributed by atoms with Crippen LogP contribution in [0, 0.1) is 0 Å². The first kappa shape index (κ1) is 12.7. The van der Waals surface area contributed by atoms with Gasteiger partial charge in [0.2, 0.25) is 0 Å². The van der Waals surface area contributed by atoms with E-state index in [0.29, 0.717) is 5.56 Å². The van der Waals surface area contributed by atoms with E-state index in [0.717, 1.165) is 0 Å². The van der Waals surface area contributed by atoms with Crippen molar-refractivity contribution in [3.05, 3.63) is 35.9 Å². The maximum Gasteiger partial charge on any atom is 0.323 e. The van der Waals surface area contributed by atoms with Crippen LogP contribution in [0.5, 0.6) is 0 Å². The van der Waals surface area contributed by atoms with Crippen LogP contribution in [0.1, 0.15) is 12.5 Å². The normalized spacial score (nSPS) is 13.1. The van der Waals surface area contributed by atoms with Gasteiger partial charge in [-0.3, -0.25) is 4.79 Å². The highest BCUT2D eigenvalue weighted by Crippen LogP contribution is 2.11. The standard InChI is InChI=1S/C11H14O4S/c1-9(11(12)15-2)16(13,14)8-10-6-4-3-5-7-10/h3-7,9H,8H2,1-2H3. The van der Waals surface area contributed by atoms with Gasteiger partial charge in [-0.25, -0.2) is 8.42 Å². The fourth-order valence-corrected chi connectivity index (χ4v) is 2.54. The quantitative estimate of drug-likeness (QED) is 0.743. The molecule has 0 bridgehead atoms. The zero-order valence-corrected chi connectivity index (χ0v) is 10.0. The molecule has 1 rings (SSSR count). The van der Waals surface area contributed by atoms with Crippen molar-refractivity contribution in [2.75, 3.05) is 7.11 Å². The Morgan fingerprint density at radius 3 is 2.38 bits per heavy atom. The first-order chi connectivity index (χ1) is 7.47. The van der Waals surface area contributed by atoms with Crippen molar-refractivity contribution in [2.45, 2.75) is 17.9 Å². The second-order valence-electron chi connectivity index (χ2n) is 3.46. The minimum absolute atomic E-state index is 0.149. The fourth-order valence-electron chi connectivity index (χ4n) is 1.24. The van der Waals surface area contributed by atoms with Gasteiger partial charge in [0.25, 0.3) is 0 Å². The van der Waals surface area contributed by atoms with Crippen LogP contribution < -0.4 is 0 Å².